The fourth-order valence-electron chi connectivity index (χ4n) is 2.89. The van der Waals surface area contributed by atoms with Gasteiger partial charge in [0.2, 0.25) is 10.0 Å². The first kappa shape index (κ1) is 21.1. The van der Waals surface area contributed by atoms with Gasteiger partial charge in [-0.05, 0) is 55.0 Å². The number of carbonyl (C=O) groups excluding carboxylic acids is 1. The largest absolute Gasteiger partial charge is 0.466 e. The van der Waals surface area contributed by atoms with Crippen LogP contribution in [0.25, 0.3) is 0 Å². The third kappa shape index (κ3) is 7.48. The lowest BCUT2D eigenvalue weighted by molar-refractivity contribution is -0.143. The van der Waals surface area contributed by atoms with Crippen LogP contribution >= 0.6 is 0 Å². The van der Waals surface area contributed by atoms with Crippen LogP contribution in [0.1, 0.15) is 48.6 Å². The number of esters is 1. The van der Waals surface area contributed by atoms with E-state index in [9.17, 15) is 13.2 Å². The molecule has 1 atom stereocenters. The lowest BCUT2D eigenvalue weighted by Crippen LogP contribution is -2.25. The maximum Gasteiger partial charge on any atom is 0.306 e. The van der Waals surface area contributed by atoms with Crippen LogP contribution < -0.4 is 4.72 Å². The summed E-state index contributed by atoms with van der Waals surface area (Å²) in [5.74, 6) is -0.237. The average molecular weight is 391 g/mol. The Labute approximate surface area is 161 Å². The second kappa shape index (κ2) is 9.62. The molecule has 1 aromatic carbocycles. The molecule has 0 radical (unpaired) electrons. The molecule has 0 spiro atoms. The van der Waals surface area contributed by atoms with Crippen LogP contribution in [0.2, 0.25) is 0 Å². The predicted octanol–water partition coefficient (Wildman–Crippen LogP) is 2.78. The molecule has 6 nitrogen and oxygen atoms in total. The van der Waals surface area contributed by atoms with E-state index in [0.717, 1.165) is 28.5 Å². The summed E-state index contributed by atoms with van der Waals surface area (Å²) in [6, 6.07) is 9.49. The van der Waals surface area contributed by atoms with Gasteiger partial charge in [-0.25, -0.2) is 13.1 Å². The van der Waals surface area contributed by atoms with Crippen molar-refractivity contribution in [3.05, 3.63) is 65.0 Å². The van der Waals surface area contributed by atoms with E-state index in [1.807, 2.05) is 36.5 Å². The molecule has 0 aliphatic heterocycles. The second-order valence-corrected chi connectivity index (χ2v) is 8.32. The van der Waals surface area contributed by atoms with E-state index < -0.39 is 10.0 Å². The number of benzene rings is 1. The predicted molar refractivity (Wildman–Crippen MR) is 105 cm³/mol. The van der Waals surface area contributed by atoms with Crippen molar-refractivity contribution in [2.45, 2.75) is 39.2 Å². The van der Waals surface area contributed by atoms with Gasteiger partial charge in [-0.2, -0.15) is 0 Å². The Balaban J connectivity index is 2.27. The van der Waals surface area contributed by atoms with Crippen molar-refractivity contribution in [3.63, 3.8) is 0 Å². The standard InChI is InChI=1S/C20H26N2O4S/c1-4-26-20(23)8-7-16-10-18(11-17-6-5-9-21-14-17)13-19(12-16)15(2)22-27(3,24)25/h5-6,9-10,12-15,22H,4,7-8,11H2,1-3H3. The highest BCUT2D eigenvalue weighted by Crippen LogP contribution is 2.21. The van der Waals surface area contributed by atoms with Gasteiger partial charge in [0.15, 0.2) is 0 Å². The Hall–Kier alpha value is -2.25. The normalized spacial score (nSPS) is 12.6. The van der Waals surface area contributed by atoms with Gasteiger partial charge in [0.25, 0.3) is 0 Å². The second-order valence-electron chi connectivity index (χ2n) is 6.54. The summed E-state index contributed by atoms with van der Waals surface area (Å²) in [4.78, 5) is 15.8. The van der Waals surface area contributed by atoms with Crippen LogP contribution in [0.3, 0.4) is 0 Å². The summed E-state index contributed by atoms with van der Waals surface area (Å²) in [5, 5.41) is 0. The average Bonchev–Trinajstić information content (AvgIpc) is 2.59. The van der Waals surface area contributed by atoms with E-state index >= 15 is 0 Å². The van der Waals surface area contributed by atoms with Crippen LogP contribution in [-0.4, -0.2) is 32.2 Å². The van der Waals surface area contributed by atoms with E-state index in [0.29, 0.717) is 19.4 Å². The van der Waals surface area contributed by atoms with Gasteiger partial charge in [-0.1, -0.05) is 24.3 Å². The molecule has 0 saturated carbocycles. The molecule has 146 valence electrons. The van der Waals surface area contributed by atoms with E-state index in [1.54, 1.807) is 20.0 Å². The van der Waals surface area contributed by atoms with Crippen LogP contribution in [0, 0.1) is 0 Å². The zero-order valence-electron chi connectivity index (χ0n) is 15.9. The summed E-state index contributed by atoms with van der Waals surface area (Å²) < 4.78 is 30.8. The maximum absolute atomic E-state index is 11.7. The van der Waals surface area contributed by atoms with Gasteiger partial charge in [-0.3, -0.25) is 9.78 Å². The summed E-state index contributed by atoms with van der Waals surface area (Å²) in [6.45, 7) is 3.95. The van der Waals surface area contributed by atoms with Gasteiger partial charge in [0, 0.05) is 24.9 Å². The molecular weight excluding hydrogens is 364 g/mol. The van der Waals surface area contributed by atoms with Crippen LogP contribution in [0.15, 0.2) is 42.7 Å². The number of aromatic nitrogens is 1. The molecule has 0 fully saturated rings. The smallest absolute Gasteiger partial charge is 0.306 e. The molecule has 1 unspecified atom stereocenters. The Morgan fingerprint density at radius 1 is 1.22 bits per heavy atom. The topological polar surface area (TPSA) is 85.4 Å². The quantitative estimate of drug-likeness (QED) is 0.666. The van der Waals surface area contributed by atoms with Crippen molar-refractivity contribution in [2.24, 2.45) is 0 Å². The lowest BCUT2D eigenvalue weighted by Gasteiger charge is -2.16. The number of rotatable bonds is 9. The van der Waals surface area contributed by atoms with Crippen molar-refractivity contribution in [1.29, 1.82) is 0 Å². The van der Waals surface area contributed by atoms with Crippen molar-refractivity contribution in [2.75, 3.05) is 12.9 Å². The van der Waals surface area contributed by atoms with Gasteiger partial charge < -0.3 is 4.74 Å². The monoisotopic (exact) mass is 390 g/mol. The molecule has 27 heavy (non-hydrogen) atoms. The maximum atomic E-state index is 11.7. The number of pyridine rings is 1. The molecule has 0 bridgehead atoms. The van der Waals surface area contributed by atoms with Crippen LogP contribution in [0.5, 0.6) is 0 Å². The van der Waals surface area contributed by atoms with E-state index in [1.165, 1.54) is 0 Å². The van der Waals surface area contributed by atoms with Crippen LogP contribution in [0.4, 0.5) is 0 Å². The summed E-state index contributed by atoms with van der Waals surface area (Å²) in [7, 11) is -3.32. The third-order valence-electron chi connectivity index (χ3n) is 4.02. The molecule has 7 heteroatoms. The number of ether oxygens (including phenoxy) is 1. The number of sulfonamides is 1. The zero-order valence-corrected chi connectivity index (χ0v) is 16.8. The molecule has 0 aliphatic carbocycles. The van der Waals surface area contributed by atoms with Gasteiger partial charge in [0.05, 0.1) is 12.9 Å². The molecule has 1 aromatic heterocycles. The minimum Gasteiger partial charge on any atom is -0.466 e. The first-order valence-electron chi connectivity index (χ1n) is 8.91. The molecule has 2 rings (SSSR count). The van der Waals surface area contributed by atoms with Crippen molar-refractivity contribution in [3.8, 4) is 0 Å². The SMILES string of the molecule is CCOC(=O)CCc1cc(Cc2cccnc2)cc(C(C)NS(C)(=O)=O)c1. The lowest BCUT2D eigenvalue weighted by atomic mass is 9.96. The van der Waals surface area contributed by atoms with E-state index in [-0.39, 0.29) is 18.4 Å². The Morgan fingerprint density at radius 3 is 2.59 bits per heavy atom. The first-order chi connectivity index (χ1) is 12.8. The molecule has 2 aromatic rings. The fraction of sp³-hybridized carbons (Fsp3) is 0.400. The highest BCUT2D eigenvalue weighted by Gasteiger charge is 2.14. The van der Waals surface area contributed by atoms with Crippen molar-refractivity contribution in [1.82, 2.24) is 9.71 Å². The van der Waals surface area contributed by atoms with Gasteiger partial charge in [-0.15, -0.1) is 0 Å². The van der Waals surface area contributed by atoms with Gasteiger partial charge in [0.1, 0.15) is 0 Å². The molecule has 0 saturated heterocycles. The Morgan fingerprint density at radius 2 is 1.96 bits per heavy atom. The molecule has 1 heterocycles. The number of hydrogen-bond donors (Lipinski definition) is 1. The summed E-state index contributed by atoms with van der Waals surface area (Å²) in [6.07, 6.45) is 6.19. The fourth-order valence-corrected chi connectivity index (χ4v) is 3.67. The summed E-state index contributed by atoms with van der Waals surface area (Å²) >= 11 is 0. The zero-order chi connectivity index (χ0) is 19.9. The Bertz CT molecular complexity index is 867. The highest BCUT2D eigenvalue weighted by molar-refractivity contribution is 7.88. The Kier molecular flexibility index (Phi) is 7.50. The van der Waals surface area contributed by atoms with Crippen molar-refractivity contribution >= 4 is 16.0 Å². The van der Waals surface area contributed by atoms with Gasteiger partial charge >= 0.3 is 5.97 Å². The molecule has 1 N–H and O–H groups in total. The van der Waals surface area contributed by atoms with Crippen molar-refractivity contribution < 1.29 is 17.9 Å². The molecular formula is C20H26N2O4S. The van der Waals surface area contributed by atoms with Crippen LogP contribution in [-0.2, 0) is 32.4 Å². The van der Waals surface area contributed by atoms with E-state index in [4.69, 9.17) is 4.74 Å². The number of aryl methyl sites for hydroxylation is 1. The number of nitrogens with one attached hydrogen (secondary N) is 1. The molecule has 0 amide bonds. The third-order valence-corrected chi connectivity index (χ3v) is 4.80. The number of nitrogens with zero attached hydrogens (tertiary/aromatic N) is 1. The van der Waals surface area contributed by atoms with E-state index in [2.05, 4.69) is 9.71 Å². The first-order valence-corrected chi connectivity index (χ1v) is 10.8. The molecule has 0 aliphatic rings. The number of hydrogen-bond acceptors (Lipinski definition) is 5. The number of carbonyl (C=O) groups is 1. The minimum absolute atomic E-state index is 0.237. The summed E-state index contributed by atoms with van der Waals surface area (Å²) in [5.41, 5.74) is 3.94. The minimum atomic E-state index is -3.32. The highest BCUT2D eigenvalue weighted by atomic mass is 32.2.